The van der Waals surface area contributed by atoms with Gasteiger partial charge in [-0.05, 0) is 23.8 Å². The number of allylic oxidation sites excluding steroid dienone is 1. The van der Waals surface area contributed by atoms with Crippen LogP contribution < -0.4 is 5.73 Å². The minimum absolute atomic E-state index is 0.0632. The monoisotopic (exact) mass is 191 g/mol. The maximum Gasteiger partial charge on any atom is 0.337 e. The van der Waals surface area contributed by atoms with E-state index in [4.69, 9.17) is 10.8 Å². The number of nitrogen functional groups attached to an aromatic ring is 1. The third-order valence-corrected chi connectivity index (χ3v) is 1.67. The van der Waals surface area contributed by atoms with E-state index in [0.29, 0.717) is 11.8 Å². The lowest BCUT2D eigenvalue weighted by molar-refractivity contribution is -0.104. The molecule has 0 saturated carbocycles. The number of hydrogen-bond acceptors (Lipinski definition) is 3. The van der Waals surface area contributed by atoms with E-state index in [1.54, 1.807) is 12.1 Å². The topological polar surface area (TPSA) is 80.4 Å². The highest BCUT2D eigenvalue weighted by atomic mass is 16.4. The van der Waals surface area contributed by atoms with Crippen molar-refractivity contribution >= 4 is 24.0 Å². The summed E-state index contributed by atoms with van der Waals surface area (Å²) in [5.41, 5.74) is 6.43. The molecular weight excluding hydrogens is 182 g/mol. The van der Waals surface area contributed by atoms with Crippen molar-refractivity contribution in [1.29, 1.82) is 0 Å². The van der Waals surface area contributed by atoms with Crippen LogP contribution in [0.5, 0.6) is 0 Å². The number of aldehydes is 1. The van der Waals surface area contributed by atoms with Crippen molar-refractivity contribution < 1.29 is 14.7 Å². The third kappa shape index (κ3) is 2.20. The van der Waals surface area contributed by atoms with Gasteiger partial charge in [0.15, 0.2) is 0 Å². The molecule has 72 valence electrons. The first-order valence-electron chi connectivity index (χ1n) is 3.90. The van der Waals surface area contributed by atoms with Crippen molar-refractivity contribution in [3.8, 4) is 0 Å². The van der Waals surface area contributed by atoms with Crippen LogP contribution in [0, 0.1) is 0 Å². The highest BCUT2D eigenvalue weighted by molar-refractivity contribution is 5.94. The van der Waals surface area contributed by atoms with Crippen LogP contribution in [0.15, 0.2) is 24.3 Å². The first-order chi connectivity index (χ1) is 6.65. The van der Waals surface area contributed by atoms with Gasteiger partial charge >= 0.3 is 5.97 Å². The average Bonchev–Trinajstić information content (AvgIpc) is 2.14. The number of benzene rings is 1. The van der Waals surface area contributed by atoms with Crippen molar-refractivity contribution in [2.45, 2.75) is 0 Å². The molecule has 0 atom stereocenters. The smallest absolute Gasteiger partial charge is 0.337 e. The Balaban J connectivity index is 3.06. The summed E-state index contributed by atoms with van der Waals surface area (Å²) in [4.78, 5) is 20.6. The number of carbonyl (C=O) groups excluding carboxylic acids is 1. The Bertz CT molecular complexity index is 396. The SMILES string of the molecule is Nc1cc(C=CC=O)ccc1C(=O)O. The number of hydrogen-bond donors (Lipinski definition) is 2. The van der Waals surface area contributed by atoms with E-state index >= 15 is 0 Å². The van der Waals surface area contributed by atoms with Crippen LogP contribution in [-0.2, 0) is 4.79 Å². The van der Waals surface area contributed by atoms with Crippen LogP contribution in [-0.4, -0.2) is 17.4 Å². The Kier molecular flexibility index (Phi) is 3.01. The van der Waals surface area contributed by atoms with E-state index in [9.17, 15) is 9.59 Å². The summed E-state index contributed by atoms with van der Waals surface area (Å²) < 4.78 is 0. The molecule has 1 rings (SSSR count). The van der Waals surface area contributed by atoms with Crippen LogP contribution >= 0.6 is 0 Å². The minimum Gasteiger partial charge on any atom is -0.478 e. The molecule has 0 aliphatic heterocycles. The van der Waals surface area contributed by atoms with Gasteiger partial charge in [0.1, 0.15) is 6.29 Å². The zero-order valence-electron chi connectivity index (χ0n) is 7.31. The van der Waals surface area contributed by atoms with Crippen molar-refractivity contribution in [2.75, 3.05) is 5.73 Å². The normalized spacial score (nSPS) is 10.3. The number of carboxylic acid groups (broad SMARTS) is 1. The van der Waals surface area contributed by atoms with Crippen molar-refractivity contribution in [1.82, 2.24) is 0 Å². The maximum atomic E-state index is 10.6. The van der Waals surface area contributed by atoms with Gasteiger partial charge in [-0.2, -0.15) is 0 Å². The summed E-state index contributed by atoms with van der Waals surface area (Å²) in [5.74, 6) is -1.06. The van der Waals surface area contributed by atoms with Gasteiger partial charge in [-0.25, -0.2) is 4.79 Å². The Morgan fingerprint density at radius 3 is 2.64 bits per heavy atom. The van der Waals surface area contributed by atoms with Gasteiger partial charge in [0, 0.05) is 5.69 Å². The fourth-order valence-corrected chi connectivity index (χ4v) is 1.03. The number of nitrogens with two attached hydrogens (primary N) is 1. The van der Waals surface area contributed by atoms with E-state index in [-0.39, 0.29) is 11.3 Å². The van der Waals surface area contributed by atoms with Gasteiger partial charge in [0.05, 0.1) is 5.56 Å². The Morgan fingerprint density at radius 2 is 2.14 bits per heavy atom. The molecule has 0 aliphatic carbocycles. The number of carboxylic acids is 1. The summed E-state index contributed by atoms with van der Waals surface area (Å²) in [7, 11) is 0. The van der Waals surface area contributed by atoms with Crippen LogP contribution in [0.1, 0.15) is 15.9 Å². The highest BCUT2D eigenvalue weighted by Gasteiger charge is 2.06. The average molecular weight is 191 g/mol. The van der Waals surface area contributed by atoms with Crippen LogP contribution in [0.2, 0.25) is 0 Å². The highest BCUT2D eigenvalue weighted by Crippen LogP contribution is 2.15. The molecule has 0 saturated heterocycles. The van der Waals surface area contributed by atoms with Gasteiger partial charge in [0.25, 0.3) is 0 Å². The lowest BCUT2D eigenvalue weighted by Crippen LogP contribution is -2.01. The van der Waals surface area contributed by atoms with Crippen LogP contribution in [0.25, 0.3) is 6.08 Å². The van der Waals surface area contributed by atoms with Crippen molar-refractivity contribution in [3.05, 3.63) is 35.4 Å². The summed E-state index contributed by atoms with van der Waals surface area (Å²) >= 11 is 0. The predicted molar refractivity (Wildman–Crippen MR) is 52.9 cm³/mol. The summed E-state index contributed by atoms with van der Waals surface area (Å²) in [6.45, 7) is 0. The molecule has 0 spiro atoms. The molecule has 1 aromatic rings. The molecule has 4 nitrogen and oxygen atoms in total. The molecule has 14 heavy (non-hydrogen) atoms. The van der Waals surface area contributed by atoms with E-state index in [1.807, 2.05) is 0 Å². The van der Waals surface area contributed by atoms with Gasteiger partial charge in [-0.3, -0.25) is 4.79 Å². The Hall–Kier alpha value is -2.10. The number of carbonyl (C=O) groups is 2. The number of anilines is 1. The Morgan fingerprint density at radius 1 is 1.43 bits per heavy atom. The van der Waals surface area contributed by atoms with E-state index in [1.165, 1.54) is 18.2 Å². The fraction of sp³-hybridized carbons (Fsp3) is 0. The molecule has 0 bridgehead atoms. The molecule has 3 N–H and O–H groups in total. The lowest BCUT2D eigenvalue weighted by Gasteiger charge is -2.00. The van der Waals surface area contributed by atoms with Crippen molar-refractivity contribution in [3.63, 3.8) is 0 Å². The second-order valence-corrected chi connectivity index (χ2v) is 2.65. The number of aromatic carboxylic acids is 1. The van der Waals surface area contributed by atoms with Crippen LogP contribution in [0.3, 0.4) is 0 Å². The molecule has 1 aromatic carbocycles. The van der Waals surface area contributed by atoms with E-state index in [0.717, 1.165) is 0 Å². The van der Waals surface area contributed by atoms with E-state index < -0.39 is 5.97 Å². The summed E-state index contributed by atoms with van der Waals surface area (Å²) in [6, 6.07) is 4.49. The summed E-state index contributed by atoms with van der Waals surface area (Å²) in [6.07, 6.45) is 3.51. The predicted octanol–water partition coefficient (Wildman–Crippen LogP) is 1.18. The minimum atomic E-state index is -1.06. The van der Waals surface area contributed by atoms with E-state index in [2.05, 4.69) is 0 Å². The lowest BCUT2D eigenvalue weighted by atomic mass is 10.1. The third-order valence-electron chi connectivity index (χ3n) is 1.67. The zero-order valence-corrected chi connectivity index (χ0v) is 7.31. The molecule has 0 heterocycles. The molecule has 0 unspecified atom stereocenters. The summed E-state index contributed by atoms with van der Waals surface area (Å²) in [5, 5.41) is 8.68. The first-order valence-corrected chi connectivity index (χ1v) is 3.90. The molecule has 4 heteroatoms. The standard InChI is InChI=1S/C10H9NO3/c11-9-6-7(2-1-5-12)3-4-8(9)10(13)14/h1-6H,11H2,(H,13,14). The van der Waals surface area contributed by atoms with Gasteiger partial charge in [-0.15, -0.1) is 0 Å². The van der Waals surface area contributed by atoms with Crippen molar-refractivity contribution in [2.24, 2.45) is 0 Å². The fourth-order valence-electron chi connectivity index (χ4n) is 1.03. The molecule has 0 amide bonds. The second kappa shape index (κ2) is 4.23. The second-order valence-electron chi connectivity index (χ2n) is 2.65. The number of rotatable bonds is 3. The molecule has 0 fully saturated rings. The Labute approximate surface area is 80.7 Å². The maximum absolute atomic E-state index is 10.6. The van der Waals surface area contributed by atoms with Gasteiger partial charge in [-0.1, -0.05) is 12.1 Å². The molecule has 0 radical (unpaired) electrons. The molecular formula is C10H9NO3. The zero-order chi connectivity index (χ0) is 10.6. The van der Waals surface area contributed by atoms with Crippen LogP contribution in [0.4, 0.5) is 5.69 Å². The van der Waals surface area contributed by atoms with Gasteiger partial charge in [0.2, 0.25) is 0 Å². The molecule has 0 aromatic heterocycles. The first kappa shape index (κ1) is 9.98. The largest absolute Gasteiger partial charge is 0.478 e. The molecule has 0 aliphatic rings. The quantitative estimate of drug-likeness (QED) is 0.427. The van der Waals surface area contributed by atoms with Gasteiger partial charge < -0.3 is 10.8 Å².